The molecule has 0 bridgehead atoms. The van der Waals surface area contributed by atoms with Crippen molar-refractivity contribution in [2.45, 2.75) is 19.8 Å². The van der Waals surface area contributed by atoms with Crippen LogP contribution in [-0.4, -0.2) is 37.1 Å². The Morgan fingerprint density at radius 1 is 1.30 bits per heavy atom. The molecule has 0 saturated carbocycles. The first kappa shape index (κ1) is 14.4. The van der Waals surface area contributed by atoms with E-state index < -0.39 is 5.97 Å². The summed E-state index contributed by atoms with van der Waals surface area (Å²) < 4.78 is 4.66. The second-order valence-corrected chi connectivity index (χ2v) is 5.17. The molecule has 5 heteroatoms. The smallest absolute Gasteiger partial charge is 0.337 e. The number of benzene rings is 1. The number of esters is 1. The number of rotatable bonds is 2. The van der Waals surface area contributed by atoms with Crippen LogP contribution in [0, 0.1) is 5.92 Å². The number of nitrogens with zero attached hydrogens (tertiary/aromatic N) is 1. The molecule has 1 aliphatic rings. The lowest BCUT2D eigenvalue weighted by atomic mass is 10.00. The summed E-state index contributed by atoms with van der Waals surface area (Å²) in [6.07, 6.45) is 2.07. The maximum absolute atomic E-state index is 12.1. The molecule has 0 spiro atoms. The summed E-state index contributed by atoms with van der Waals surface area (Å²) in [5.41, 5.74) is 1.04. The number of urea groups is 1. The Labute approximate surface area is 118 Å². The van der Waals surface area contributed by atoms with Crippen LogP contribution in [-0.2, 0) is 4.74 Å². The molecule has 1 fully saturated rings. The van der Waals surface area contributed by atoms with Crippen LogP contribution >= 0.6 is 0 Å². The predicted molar refractivity (Wildman–Crippen MR) is 76.8 cm³/mol. The lowest BCUT2D eigenvalue weighted by molar-refractivity contribution is 0.0600. The molecule has 1 aromatic carbocycles. The number of hydrogen-bond donors (Lipinski definition) is 1. The number of nitrogens with one attached hydrogen (secondary N) is 1. The van der Waals surface area contributed by atoms with E-state index in [2.05, 4.69) is 17.0 Å². The molecule has 0 aliphatic carbocycles. The van der Waals surface area contributed by atoms with Gasteiger partial charge in [0.2, 0.25) is 0 Å². The first-order valence-electron chi connectivity index (χ1n) is 6.84. The van der Waals surface area contributed by atoms with Gasteiger partial charge in [0.1, 0.15) is 0 Å². The van der Waals surface area contributed by atoms with E-state index in [0.29, 0.717) is 17.2 Å². The molecule has 0 radical (unpaired) electrons. The van der Waals surface area contributed by atoms with E-state index in [1.165, 1.54) is 7.11 Å². The van der Waals surface area contributed by atoms with Crippen molar-refractivity contribution in [3.05, 3.63) is 29.8 Å². The lowest BCUT2D eigenvalue weighted by Crippen LogP contribution is -2.40. The van der Waals surface area contributed by atoms with Crippen LogP contribution in [0.25, 0.3) is 0 Å². The summed E-state index contributed by atoms with van der Waals surface area (Å²) in [6.45, 7) is 3.77. The minimum absolute atomic E-state index is 0.112. The van der Waals surface area contributed by atoms with Crippen molar-refractivity contribution in [1.29, 1.82) is 0 Å². The third-order valence-electron chi connectivity index (χ3n) is 3.61. The van der Waals surface area contributed by atoms with Crippen molar-refractivity contribution in [2.24, 2.45) is 5.92 Å². The van der Waals surface area contributed by atoms with Crippen molar-refractivity contribution in [3.8, 4) is 0 Å². The molecule has 1 heterocycles. The van der Waals surface area contributed by atoms with Gasteiger partial charge in [-0.05, 0) is 37.0 Å². The van der Waals surface area contributed by atoms with Gasteiger partial charge >= 0.3 is 12.0 Å². The highest BCUT2D eigenvalue weighted by Crippen LogP contribution is 2.18. The highest BCUT2D eigenvalue weighted by molar-refractivity contribution is 5.93. The van der Waals surface area contributed by atoms with E-state index in [0.717, 1.165) is 25.9 Å². The normalized spacial score (nSPS) is 15.8. The quantitative estimate of drug-likeness (QED) is 0.845. The maximum atomic E-state index is 12.1. The molecular formula is C15H20N2O3. The number of methoxy groups -OCH3 is 1. The molecule has 1 aliphatic heterocycles. The van der Waals surface area contributed by atoms with E-state index in [-0.39, 0.29) is 6.03 Å². The molecule has 0 aromatic heterocycles. The van der Waals surface area contributed by atoms with Gasteiger partial charge in [0.05, 0.1) is 12.7 Å². The Kier molecular flexibility index (Phi) is 4.61. The zero-order chi connectivity index (χ0) is 14.5. The van der Waals surface area contributed by atoms with Crippen LogP contribution in [0.4, 0.5) is 10.5 Å². The molecule has 0 unspecified atom stereocenters. The molecule has 1 aromatic rings. The fourth-order valence-electron chi connectivity index (χ4n) is 2.26. The number of anilines is 1. The summed E-state index contributed by atoms with van der Waals surface area (Å²) in [6, 6.07) is 6.65. The number of carbonyl (C=O) groups excluding carboxylic acids is 2. The van der Waals surface area contributed by atoms with Gasteiger partial charge in [0.15, 0.2) is 0 Å². The monoisotopic (exact) mass is 276 g/mol. The Balaban J connectivity index is 1.99. The summed E-state index contributed by atoms with van der Waals surface area (Å²) in [4.78, 5) is 25.4. The average molecular weight is 276 g/mol. The van der Waals surface area contributed by atoms with E-state index in [1.54, 1.807) is 24.3 Å². The zero-order valence-electron chi connectivity index (χ0n) is 11.9. The summed E-state index contributed by atoms with van der Waals surface area (Å²) in [5.74, 6) is 0.273. The van der Waals surface area contributed by atoms with Crippen LogP contribution in [0.5, 0.6) is 0 Å². The topological polar surface area (TPSA) is 58.6 Å². The van der Waals surface area contributed by atoms with Gasteiger partial charge in [-0.1, -0.05) is 13.0 Å². The van der Waals surface area contributed by atoms with E-state index in [4.69, 9.17) is 0 Å². The molecule has 2 amide bonds. The van der Waals surface area contributed by atoms with Crippen molar-refractivity contribution < 1.29 is 14.3 Å². The van der Waals surface area contributed by atoms with Crippen molar-refractivity contribution >= 4 is 17.7 Å². The molecular weight excluding hydrogens is 256 g/mol. The molecule has 0 atom stereocenters. The minimum Gasteiger partial charge on any atom is -0.465 e. The largest absolute Gasteiger partial charge is 0.465 e. The van der Waals surface area contributed by atoms with Crippen LogP contribution in [0.15, 0.2) is 24.3 Å². The zero-order valence-corrected chi connectivity index (χ0v) is 11.9. The second kappa shape index (κ2) is 6.41. The van der Waals surface area contributed by atoms with E-state index >= 15 is 0 Å². The van der Waals surface area contributed by atoms with Gasteiger partial charge in [-0.2, -0.15) is 0 Å². The summed E-state index contributed by atoms with van der Waals surface area (Å²) in [5, 5.41) is 2.83. The Bertz CT molecular complexity index is 494. The fourth-order valence-corrected chi connectivity index (χ4v) is 2.26. The van der Waals surface area contributed by atoms with Crippen LogP contribution in [0.2, 0.25) is 0 Å². The lowest BCUT2D eigenvalue weighted by Gasteiger charge is -2.30. The van der Waals surface area contributed by atoms with Gasteiger partial charge in [-0.25, -0.2) is 9.59 Å². The predicted octanol–water partition coefficient (Wildman–Crippen LogP) is 2.74. The Morgan fingerprint density at radius 2 is 2.00 bits per heavy atom. The average Bonchev–Trinajstić information content (AvgIpc) is 2.47. The molecule has 5 nitrogen and oxygen atoms in total. The SMILES string of the molecule is COC(=O)c1cccc(NC(=O)N2CCC(C)CC2)c1. The van der Waals surface area contributed by atoms with Crippen LogP contribution in [0.1, 0.15) is 30.1 Å². The van der Waals surface area contributed by atoms with Gasteiger partial charge in [-0.15, -0.1) is 0 Å². The van der Waals surface area contributed by atoms with Gasteiger partial charge < -0.3 is 15.0 Å². The number of ether oxygens (including phenoxy) is 1. The van der Waals surface area contributed by atoms with Crippen LogP contribution in [0.3, 0.4) is 0 Å². The molecule has 1 saturated heterocycles. The maximum Gasteiger partial charge on any atom is 0.337 e. The Hall–Kier alpha value is -2.04. The molecule has 1 N–H and O–H groups in total. The molecule has 2 rings (SSSR count). The molecule has 20 heavy (non-hydrogen) atoms. The summed E-state index contributed by atoms with van der Waals surface area (Å²) >= 11 is 0. The minimum atomic E-state index is -0.409. The number of carbonyl (C=O) groups is 2. The number of hydrogen-bond acceptors (Lipinski definition) is 3. The van der Waals surface area contributed by atoms with Gasteiger partial charge in [0, 0.05) is 18.8 Å². The summed E-state index contributed by atoms with van der Waals surface area (Å²) in [7, 11) is 1.34. The highest BCUT2D eigenvalue weighted by Gasteiger charge is 2.20. The van der Waals surface area contributed by atoms with Crippen molar-refractivity contribution in [3.63, 3.8) is 0 Å². The first-order chi connectivity index (χ1) is 9.60. The van der Waals surface area contributed by atoms with Crippen molar-refractivity contribution in [2.75, 3.05) is 25.5 Å². The number of piperidine rings is 1. The van der Waals surface area contributed by atoms with E-state index in [9.17, 15) is 9.59 Å². The second-order valence-electron chi connectivity index (χ2n) is 5.17. The fraction of sp³-hybridized carbons (Fsp3) is 0.467. The first-order valence-corrected chi connectivity index (χ1v) is 6.84. The number of amides is 2. The third kappa shape index (κ3) is 3.50. The van der Waals surface area contributed by atoms with Crippen LogP contribution < -0.4 is 5.32 Å². The Morgan fingerprint density at radius 3 is 2.65 bits per heavy atom. The van der Waals surface area contributed by atoms with Gasteiger partial charge in [-0.3, -0.25) is 0 Å². The standard InChI is InChI=1S/C15H20N2O3/c1-11-6-8-17(9-7-11)15(19)16-13-5-3-4-12(10-13)14(18)20-2/h3-5,10-11H,6-9H2,1-2H3,(H,16,19). The third-order valence-corrected chi connectivity index (χ3v) is 3.61. The van der Waals surface area contributed by atoms with Gasteiger partial charge in [0.25, 0.3) is 0 Å². The van der Waals surface area contributed by atoms with Crippen molar-refractivity contribution in [1.82, 2.24) is 4.90 Å². The highest BCUT2D eigenvalue weighted by atomic mass is 16.5. The number of likely N-dealkylation sites (tertiary alicyclic amines) is 1. The molecule has 108 valence electrons. The van der Waals surface area contributed by atoms with E-state index in [1.807, 2.05) is 4.90 Å².